The fourth-order valence-corrected chi connectivity index (χ4v) is 4.69. The minimum absolute atomic E-state index is 0.0908. The van der Waals surface area contributed by atoms with Crippen LogP contribution in [-0.2, 0) is 0 Å². The number of anilines is 2. The molecule has 0 unspecified atom stereocenters. The van der Waals surface area contributed by atoms with Crippen LogP contribution in [0.1, 0.15) is 84.4 Å². The summed E-state index contributed by atoms with van der Waals surface area (Å²) in [6, 6.07) is 10.4. The Morgan fingerprint density at radius 3 is 2.28 bits per heavy atom. The van der Waals surface area contributed by atoms with Crippen LogP contribution in [0.3, 0.4) is 0 Å². The van der Waals surface area contributed by atoms with E-state index in [-0.39, 0.29) is 29.4 Å². The fraction of sp³-hybridized carbons (Fsp3) is 0.571. The number of amides is 2. The Bertz CT molecular complexity index is 984. The summed E-state index contributed by atoms with van der Waals surface area (Å²) in [7, 11) is 0. The molecule has 2 N–H and O–H groups in total. The van der Waals surface area contributed by atoms with Gasteiger partial charge >= 0.3 is 12.6 Å². The number of ether oxygens (including phenoxy) is 1. The molecule has 1 heterocycles. The maximum absolute atomic E-state index is 13.7. The number of carbonyl (C=O) groups is 1. The van der Waals surface area contributed by atoms with Gasteiger partial charge in [0.05, 0.1) is 5.60 Å². The average Bonchev–Trinajstić information content (AvgIpc) is 2.82. The number of aliphatic hydroxyl groups is 1. The first-order chi connectivity index (χ1) is 17.0. The number of halogens is 2. The second-order valence-electron chi connectivity index (χ2n) is 9.86. The number of aryl methyl sites for hydroxylation is 1. The monoisotopic (exact) mass is 505 g/mol. The topological polar surface area (TPSA) is 74.7 Å². The summed E-state index contributed by atoms with van der Waals surface area (Å²) in [5.41, 5.74) is 1.63. The lowest BCUT2D eigenvalue weighted by Gasteiger charge is -2.41. The zero-order valence-electron chi connectivity index (χ0n) is 22.5. The van der Waals surface area contributed by atoms with Gasteiger partial charge in [-0.05, 0) is 82.1 Å². The van der Waals surface area contributed by atoms with Gasteiger partial charge in [-0.3, -0.25) is 4.90 Å². The van der Waals surface area contributed by atoms with Crippen LogP contribution in [0.2, 0.25) is 0 Å². The van der Waals surface area contributed by atoms with E-state index < -0.39 is 18.2 Å². The standard InChI is InChI=1S/C26H35F2N3O3.C2H6/c1-16(2)20-8-6-7-9-22(20)31(19-13-11-18(12-14-19)26(4,5)33)25(32)30-21-15-10-17(3)29-23(21)34-24(27)28;1-2/h6-10,15-16,18-19,24,33H,11-14H2,1-5H3,(H,30,32);1-2H3. The van der Waals surface area contributed by atoms with Crippen LogP contribution in [0.15, 0.2) is 36.4 Å². The van der Waals surface area contributed by atoms with Crippen molar-refractivity contribution in [3.63, 3.8) is 0 Å². The third kappa shape index (κ3) is 7.63. The molecule has 36 heavy (non-hydrogen) atoms. The van der Waals surface area contributed by atoms with Crippen molar-refractivity contribution in [3.8, 4) is 5.88 Å². The lowest BCUT2D eigenvalue weighted by molar-refractivity contribution is -0.0524. The van der Waals surface area contributed by atoms with Crippen molar-refractivity contribution in [1.29, 1.82) is 0 Å². The highest BCUT2D eigenvalue weighted by Gasteiger charge is 2.36. The Kier molecular flexibility index (Phi) is 10.6. The van der Waals surface area contributed by atoms with Crippen LogP contribution in [0.5, 0.6) is 5.88 Å². The van der Waals surface area contributed by atoms with E-state index in [1.165, 1.54) is 6.07 Å². The first-order valence-electron chi connectivity index (χ1n) is 12.8. The largest absolute Gasteiger partial charge is 0.415 e. The number of nitrogens with zero attached hydrogens (tertiary/aromatic N) is 2. The molecule has 2 amide bonds. The normalized spacial score (nSPS) is 17.9. The van der Waals surface area contributed by atoms with Crippen LogP contribution >= 0.6 is 0 Å². The minimum Gasteiger partial charge on any atom is -0.415 e. The van der Waals surface area contributed by atoms with Crippen molar-refractivity contribution in [1.82, 2.24) is 4.98 Å². The Morgan fingerprint density at radius 2 is 1.72 bits per heavy atom. The molecule has 1 aliphatic rings. The molecule has 8 heteroatoms. The molecule has 6 nitrogen and oxygen atoms in total. The average molecular weight is 506 g/mol. The van der Waals surface area contributed by atoms with E-state index in [1.807, 2.05) is 52.0 Å². The van der Waals surface area contributed by atoms with Gasteiger partial charge in [-0.2, -0.15) is 8.78 Å². The smallest absolute Gasteiger partial charge is 0.388 e. The lowest BCUT2D eigenvalue weighted by Crippen LogP contribution is -2.47. The molecule has 0 atom stereocenters. The summed E-state index contributed by atoms with van der Waals surface area (Å²) < 4.78 is 30.5. The van der Waals surface area contributed by atoms with Crippen LogP contribution in [-0.4, -0.2) is 34.4 Å². The van der Waals surface area contributed by atoms with Gasteiger partial charge < -0.3 is 15.2 Å². The molecule has 200 valence electrons. The number of para-hydroxylation sites is 1. The third-order valence-corrected chi connectivity index (χ3v) is 6.54. The molecule has 0 saturated heterocycles. The summed E-state index contributed by atoms with van der Waals surface area (Å²) in [4.78, 5) is 19.5. The molecule has 0 spiro atoms. The van der Waals surface area contributed by atoms with E-state index in [1.54, 1.807) is 17.9 Å². The molecule has 0 aliphatic heterocycles. The zero-order chi connectivity index (χ0) is 27.0. The highest BCUT2D eigenvalue weighted by atomic mass is 19.3. The van der Waals surface area contributed by atoms with E-state index in [2.05, 4.69) is 28.9 Å². The maximum atomic E-state index is 13.7. The number of alkyl halides is 2. The van der Waals surface area contributed by atoms with Crippen molar-refractivity contribution in [3.05, 3.63) is 47.7 Å². The van der Waals surface area contributed by atoms with E-state index in [9.17, 15) is 18.7 Å². The van der Waals surface area contributed by atoms with Gasteiger partial charge in [0.25, 0.3) is 0 Å². The second kappa shape index (κ2) is 13.0. The molecular formula is C28H41F2N3O3. The number of aromatic nitrogens is 1. The van der Waals surface area contributed by atoms with E-state index in [0.717, 1.165) is 36.9 Å². The Balaban J connectivity index is 0.00000222. The number of hydrogen-bond donors (Lipinski definition) is 2. The molecular weight excluding hydrogens is 464 g/mol. The number of rotatable bonds is 7. The Labute approximate surface area is 214 Å². The molecule has 1 aromatic heterocycles. The van der Waals surface area contributed by atoms with Crippen LogP contribution in [0, 0.1) is 12.8 Å². The summed E-state index contributed by atoms with van der Waals surface area (Å²) in [5.74, 6) is 0.0190. The van der Waals surface area contributed by atoms with Crippen LogP contribution in [0.4, 0.5) is 25.0 Å². The van der Waals surface area contributed by atoms with Crippen molar-refractivity contribution < 1.29 is 23.4 Å². The molecule has 0 radical (unpaired) electrons. The quantitative estimate of drug-likeness (QED) is 0.408. The van der Waals surface area contributed by atoms with Crippen LogP contribution in [0.25, 0.3) is 0 Å². The summed E-state index contributed by atoms with van der Waals surface area (Å²) >= 11 is 0. The SMILES string of the molecule is CC.Cc1ccc(NC(=O)N(c2ccccc2C(C)C)C2CCC(C(C)(C)O)CC2)c(OC(F)F)n1. The van der Waals surface area contributed by atoms with Gasteiger partial charge in [0.2, 0.25) is 5.88 Å². The number of pyridine rings is 1. The van der Waals surface area contributed by atoms with Gasteiger partial charge in [-0.1, -0.05) is 45.9 Å². The van der Waals surface area contributed by atoms with Crippen molar-refractivity contribution in [2.75, 3.05) is 10.2 Å². The third-order valence-electron chi connectivity index (χ3n) is 6.54. The lowest BCUT2D eigenvalue weighted by atomic mass is 9.76. The van der Waals surface area contributed by atoms with Gasteiger partial charge in [0.15, 0.2) is 0 Å². The summed E-state index contributed by atoms with van der Waals surface area (Å²) in [5, 5.41) is 13.2. The molecule has 1 saturated carbocycles. The van der Waals surface area contributed by atoms with E-state index >= 15 is 0 Å². The second-order valence-corrected chi connectivity index (χ2v) is 9.86. The zero-order valence-corrected chi connectivity index (χ0v) is 22.5. The summed E-state index contributed by atoms with van der Waals surface area (Å²) in [6.07, 6.45) is 3.02. The van der Waals surface area contributed by atoms with E-state index in [4.69, 9.17) is 0 Å². The number of urea groups is 1. The van der Waals surface area contributed by atoms with Gasteiger partial charge in [0, 0.05) is 17.4 Å². The molecule has 1 aliphatic carbocycles. The first-order valence-corrected chi connectivity index (χ1v) is 12.8. The molecule has 1 aromatic carbocycles. The minimum atomic E-state index is -3.06. The first kappa shape index (κ1) is 29.5. The van der Waals surface area contributed by atoms with Gasteiger partial charge in [-0.15, -0.1) is 0 Å². The molecule has 2 aromatic rings. The van der Waals surface area contributed by atoms with Crippen molar-refractivity contribution >= 4 is 17.4 Å². The fourth-order valence-electron chi connectivity index (χ4n) is 4.69. The predicted octanol–water partition coefficient (Wildman–Crippen LogP) is 7.51. The van der Waals surface area contributed by atoms with Crippen molar-refractivity contribution in [2.24, 2.45) is 5.92 Å². The van der Waals surface area contributed by atoms with Crippen molar-refractivity contribution in [2.45, 2.75) is 98.3 Å². The molecule has 0 bridgehead atoms. The molecule has 1 fully saturated rings. The Hall–Kier alpha value is -2.74. The number of hydrogen-bond acceptors (Lipinski definition) is 4. The van der Waals surface area contributed by atoms with E-state index in [0.29, 0.717) is 5.69 Å². The number of benzene rings is 1. The number of nitrogens with one attached hydrogen (secondary N) is 1. The van der Waals surface area contributed by atoms with Gasteiger partial charge in [-0.25, -0.2) is 9.78 Å². The maximum Gasteiger partial charge on any atom is 0.388 e. The predicted molar refractivity (Wildman–Crippen MR) is 141 cm³/mol. The van der Waals surface area contributed by atoms with Crippen LogP contribution < -0.4 is 15.0 Å². The van der Waals surface area contributed by atoms with Gasteiger partial charge in [0.1, 0.15) is 5.69 Å². The number of carbonyl (C=O) groups excluding carboxylic acids is 1. The summed E-state index contributed by atoms with van der Waals surface area (Å²) in [6.45, 7) is 10.4. The highest BCUT2D eigenvalue weighted by Crippen LogP contribution is 2.38. The Morgan fingerprint density at radius 1 is 1.11 bits per heavy atom. The molecule has 3 rings (SSSR count). The highest BCUT2D eigenvalue weighted by molar-refractivity contribution is 6.03.